The number of imidazole rings is 1. The first kappa shape index (κ1) is 20.0. The predicted molar refractivity (Wildman–Crippen MR) is 129 cm³/mol. The number of para-hydroxylation sites is 2. The zero-order valence-electron chi connectivity index (χ0n) is 17.7. The van der Waals surface area contributed by atoms with E-state index in [1.165, 1.54) is 16.7 Å². The van der Waals surface area contributed by atoms with Crippen LogP contribution in [0, 0.1) is 13.8 Å². The van der Waals surface area contributed by atoms with Crippen LogP contribution in [0.25, 0.3) is 11.0 Å². The largest absolute Gasteiger partial charge is 0.323 e. The van der Waals surface area contributed by atoms with Gasteiger partial charge in [0, 0.05) is 35.6 Å². The minimum Gasteiger partial charge on any atom is -0.323 e. The molecule has 1 saturated heterocycles. The molecule has 156 valence electrons. The van der Waals surface area contributed by atoms with E-state index in [2.05, 4.69) is 70.7 Å². The summed E-state index contributed by atoms with van der Waals surface area (Å²) in [7, 11) is 0. The number of hydrogen-bond acceptors (Lipinski definition) is 2. The van der Waals surface area contributed by atoms with Crippen molar-refractivity contribution in [2.45, 2.75) is 32.7 Å². The molecular formula is C26H24BrN3O. The van der Waals surface area contributed by atoms with Gasteiger partial charge in [0.1, 0.15) is 5.82 Å². The average Bonchev–Trinajstić information content (AvgIpc) is 3.32. The van der Waals surface area contributed by atoms with Crippen molar-refractivity contribution >= 4 is 38.6 Å². The monoisotopic (exact) mass is 473 g/mol. The van der Waals surface area contributed by atoms with Crippen molar-refractivity contribution in [3.8, 4) is 0 Å². The molecule has 1 atom stereocenters. The SMILES string of the molecule is Cc1ccc(C)c(Cn2c(C3CC(=O)N(c4ccc(Br)cc4)C3)nc3ccccc32)c1. The number of benzene rings is 3. The van der Waals surface area contributed by atoms with Crippen LogP contribution in [0.2, 0.25) is 0 Å². The van der Waals surface area contributed by atoms with Gasteiger partial charge in [0.2, 0.25) is 5.91 Å². The maximum absolute atomic E-state index is 12.9. The molecule has 4 nitrogen and oxygen atoms in total. The number of fused-ring (bicyclic) bond motifs is 1. The lowest BCUT2D eigenvalue weighted by atomic mass is 10.0. The average molecular weight is 474 g/mol. The van der Waals surface area contributed by atoms with Gasteiger partial charge in [-0.1, -0.05) is 51.8 Å². The summed E-state index contributed by atoms with van der Waals surface area (Å²) in [6.07, 6.45) is 0.478. The minimum atomic E-state index is 0.0636. The molecule has 1 aliphatic heterocycles. The van der Waals surface area contributed by atoms with Gasteiger partial charge in [-0.15, -0.1) is 0 Å². The van der Waals surface area contributed by atoms with Crippen LogP contribution >= 0.6 is 15.9 Å². The van der Waals surface area contributed by atoms with Gasteiger partial charge in [-0.3, -0.25) is 4.79 Å². The van der Waals surface area contributed by atoms with Gasteiger partial charge in [-0.05, 0) is 61.4 Å². The fourth-order valence-electron chi connectivity index (χ4n) is 4.46. The van der Waals surface area contributed by atoms with E-state index in [4.69, 9.17) is 4.98 Å². The molecule has 0 aliphatic carbocycles. The summed E-state index contributed by atoms with van der Waals surface area (Å²) < 4.78 is 3.31. The highest BCUT2D eigenvalue weighted by atomic mass is 79.9. The number of halogens is 1. The van der Waals surface area contributed by atoms with E-state index >= 15 is 0 Å². The molecule has 0 N–H and O–H groups in total. The third-order valence-electron chi connectivity index (χ3n) is 6.15. The molecule has 1 unspecified atom stereocenters. The van der Waals surface area contributed by atoms with Crippen LogP contribution in [0.3, 0.4) is 0 Å². The summed E-state index contributed by atoms with van der Waals surface area (Å²) in [4.78, 5) is 19.8. The molecule has 3 aromatic carbocycles. The summed E-state index contributed by atoms with van der Waals surface area (Å²) in [6, 6.07) is 22.8. The van der Waals surface area contributed by atoms with Crippen molar-refractivity contribution in [2.75, 3.05) is 11.4 Å². The Morgan fingerprint density at radius 1 is 1.03 bits per heavy atom. The second-order valence-corrected chi connectivity index (χ2v) is 9.27. The lowest BCUT2D eigenvalue weighted by Crippen LogP contribution is -2.24. The molecule has 0 bridgehead atoms. The van der Waals surface area contributed by atoms with Crippen LogP contribution in [0.15, 0.2) is 71.2 Å². The van der Waals surface area contributed by atoms with E-state index < -0.39 is 0 Å². The molecule has 5 heteroatoms. The first-order valence-electron chi connectivity index (χ1n) is 10.6. The van der Waals surface area contributed by atoms with Gasteiger partial charge in [0.05, 0.1) is 11.0 Å². The molecule has 5 rings (SSSR count). The molecule has 1 aromatic heterocycles. The summed E-state index contributed by atoms with van der Waals surface area (Å²) in [5, 5.41) is 0. The number of nitrogens with zero attached hydrogens (tertiary/aromatic N) is 3. The van der Waals surface area contributed by atoms with Gasteiger partial charge >= 0.3 is 0 Å². The Morgan fingerprint density at radius 2 is 1.81 bits per heavy atom. The van der Waals surface area contributed by atoms with Gasteiger partial charge in [-0.25, -0.2) is 4.98 Å². The standard InChI is InChI=1S/C26H24BrN3O/c1-17-7-8-18(2)19(13-17)15-30-24-6-4-3-5-23(24)28-26(30)20-14-25(31)29(16-20)22-11-9-21(27)10-12-22/h3-13,20H,14-16H2,1-2H3. The van der Waals surface area contributed by atoms with Crippen LogP contribution in [0.1, 0.15) is 34.9 Å². The maximum atomic E-state index is 12.9. The Morgan fingerprint density at radius 3 is 2.61 bits per heavy atom. The van der Waals surface area contributed by atoms with E-state index in [-0.39, 0.29) is 11.8 Å². The van der Waals surface area contributed by atoms with Crippen molar-refractivity contribution < 1.29 is 4.79 Å². The molecule has 0 radical (unpaired) electrons. The smallest absolute Gasteiger partial charge is 0.227 e. The molecule has 2 heterocycles. The Labute approximate surface area is 190 Å². The highest BCUT2D eigenvalue weighted by Crippen LogP contribution is 2.34. The fraction of sp³-hybridized carbons (Fsp3) is 0.231. The number of rotatable bonds is 4. The summed E-state index contributed by atoms with van der Waals surface area (Å²) >= 11 is 3.47. The molecule has 4 aromatic rings. The van der Waals surface area contributed by atoms with E-state index in [0.717, 1.165) is 33.6 Å². The Hall–Kier alpha value is -2.92. The van der Waals surface area contributed by atoms with Crippen LogP contribution in [0.4, 0.5) is 5.69 Å². The Kier molecular flexibility index (Phi) is 5.14. The van der Waals surface area contributed by atoms with Gasteiger partial charge in [0.25, 0.3) is 0 Å². The van der Waals surface area contributed by atoms with E-state index in [9.17, 15) is 4.79 Å². The minimum absolute atomic E-state index is 0.0636. The topological polar surface area (TPSA) is 38.1 Å². The normalized spacial score (nSPS) is 16.4. The first-order valence-corrected chi connectivity index (χ1v) is 11.4. The van der Waals surface area contributed by atoms with Gasteiger partial charge in [-0.2, -0.15) is 0 Å². The van der Waals surface area contributed by atoms with Crippen LogP contribution in [-0.4, -0.2) is 22.0 Å². The van der Waals surface area contributed by atoms with Crippen LogP contribution in [-0.2, 0) is 11.3 Å². The zero-order chi connectivity index (χ0) is 21.5. The van der Waals surface area contributed by atoms with Crippen molar-refractivity contribution in [2.24, 2.45) is 0 Å². The number of anilines is 1. The Bertz CT molecular complexity index is 1280. The summed E-state index contributed by atoms with van der Waals surface area (Å²) in [6.45, 7) is 5.69. The first-order chi connectivity index (χ1) is 15.0. The highest BCUT2D eigenvalue weighted by Gasteiger charge is 2.34. The van der Waals surface area contributed by atoms with Crippen molar-refractivity contribution in [3.05, 3.63) is 93.7 Å². The van der Waals surface area contributed by atoms with Crippen molar-refractivity contribution in [3.63, 3.8) is 0 Å². The van der Waals surface area contributed by atoms with E-state index in [1.54, 1.807) is 0 Å². The maximum Gasteiger partial charge on any atom is 0.227 e. The van der Waals surface area contributed by atoms with Crippen molar-refractivity contribution in [1.82, 2.24) is 9.55 Å². The number of aryl methyl sites for hydroxylation is 2. The zero-order valence-corrected chi connectivity index (χ0v) is 19.3. The second-order valence-electron chi connectivity index (χ2n) is 8.36. The second kappa shape index (κ2) is 7.97. The summed E-state index contributed by atoms with van der Waals surface area (Å²) in [5.74, 6) is 1.21. The number of hydrogen-bond donors (Lipinski definition) is 0. The highest BCUT2D eigenvalue weighted by molar-refractivity contribution is 9.10. The quantitative estimate of drug-likeness (QED) is 0.365. The van der Waals surface area contributed by atoms with E-state index in [0.29, 0.717) is 13.0 Å². The molecule has 0 saturated carbocycles. The fourth-order valence-corrected chi connectivity index (χ4v) is 4.73. The van der Waals surface area contributed by atoms with Gasteiger partial charge in [0.15, 0.2) is 0 Å². The third-order valence-corrected chi connectivity index (χ3v) is 6.67. The molecule has 1 aliphatic rings. The van der Waals surface area contributed by atoms with Crippen LogP contribution in [0.5, 0.6) is 0 Å². The molecule has 1 fully saturated rings. The molecule has 0 spiro atoms. The number of carbonyl (C=O) groups excluding carboxylic acids is 1. The third kappa shape index (κ3) is 3.79. The number of amides is 1. The molecule has 1 amide bonds. The molecular weight excluding hydrogens is 450 g/mol. The number of carbonyl (C=O) groups is 1. The van der Waals surface area contributed by atoms with E-state index in [1.807, 2.05) is 35.2 Å². The number of aromatic nitrogens is 2. The lowest BCUT2D eigenvalue weighted by Gasteiger charge is -2.18. The molecule has 31 heavy (non-hydrogen) atoms. The lowest BCUT2D eigenvalue weighted by molar-refractivity contribution is -0.117. The van der Waals surface area contributed by atoms with Crippen molar-refractivity contribution in [1.29, 1.82) is 0 Å². The van der Waals surface area contributed by atoms with Crippen LogP contribution < -0.4 is 4.90 Å². The Balaban J connectivity index is 1.54. The predicted octanol–water partition coefficient (Wildman–Crippen LogP) is 5.98. The summed E-state index contributed by atoms with van der Waals surface area (Å²) in [5.41, 5.74) is 6.86. The van der Waals surface area contributed by atoms with Gasteiger partial charge < -0.3 is 9.47 Å².